The van der Waals surface area contributed by atoms with Crippen LogP contribution in [0.1, 0.15) is 55.7 Å². The zero-order valence-corrected chi connectivity index (χ0v) is 19.5. The van der Waals surface area contributed by atoms with E-state index in [1.165, 1.54) is 43.9 Å². The first-order valence-corrected chi connectivity index (χ1v) is 11.9. The molecular weight excluding hydrogens is 454 g/mol. The molecule has 0 unspecified atom stereocenters. The van der Waals surface area contributed by atoms with E-state index in [0.29, 0.717) is 5.56 Å². The molecule has 0 radical (unpaired) electrons. The van der Waals surface area contributed by atoms with Crippen LogP contribution < -0.4 is 4.74 Å². The molecule has 35 heavy (non-hydrogen) atoms. The van der Waals surface area contributed by atoms with Gasteiger partial charge in [-0.25, -0.2) is 8.78 Å². The topological polar surface area (TPSA) is 33.0 Å². The van der Waals surface area contributed by atoms with Crippen LogP contribution in [0.5, 0.6) is 5.75 Å². The Bertz CT molecular complexity index is 1170. The minimum absolute atomic E-state index is 0.0607. The minimum atomic E-state index is -3.58. The van der Waals surface area contributed by atoms with Gasteiger partial charge in [0.25, 0.3) is 0 Å². The Kier molecular flexibility index (Phi) is 7.45. The average molecular weight is 482 g/mol. The van der Waals surface area contributed by atoms with Gasteiger partial charge in [-0.05, 0) is 77.8 Å². The zero-order valence-electron chi connectivity index (χ0n) is 19.5. The first-order chi connectivity index (χ1) is 16.7. The summed E-state index contributed by atoms with van der Waals surface area (Å²) in [5.41, 5.74) is 0.522. The molecule has 0 spiro atoms. The van der Waals surface area contributed by atoms with Gasteiger partial charge in [-0.3, -0.25) is 0 Å². The Hall–Kier alpha value is -3.33. The molecule has 3 aromatic rings. The van der Waals surface area contributed by atoms with Gasteiger partial charge in [0.15, 0.2) is 0 Å². The number of hydrogen-bond donors (Lipinski definition) is 0. The first kappa shape index (κ1) is 24.8. The van der Waals surface area contributed by atoms with Gasteiger partial charge in [0.2, 0.25) is 0 Å². The molecule has 3 aromatic carbocycles. The number of hydrogen-bond acceptors (Lipinski definition) is 2. The maximum absolute atomic E-state index is 14.7. The monoisotopic (exact) mass is 481 g/mol. The van der Waals surface area contributed by atoms with E-state index in [2.05, 4.69) is 6.92 Å². The Morgan fingerprint density at radius 3 is 2.06 bits per heavy atom. The standard InChI is InChI=1S/C29H27F4NO/c1-19-2-4-20(5-3-19)6-7-21-8-14-25(15-9-21)35-29(32,33)24-12-10-22(11-13-24)23-16-27(30)26(18-34)28(31)17-23/h8-17,19-20H,2-7H2,1H3. The van der Waals surface area contributed by atoms with Crippen LogP contribution in [0.4, 0.5) is 17.6 Å². The largest absolute Gasteiger partial charge is 0.429 e. The number of alkyl halides is 2. The average Bonchev–Trinajstić information content (AvgIpc) is 2.84. The third-order valence-electron chi connectivity index (χ3n) is 6.85. The maximum atomic E-state index is 14.7. The molecular formula is C29H27F4NO. The third kappa shape index (κ3) is 6.03. The highest BCUT2D eigenvalue weighted by Crippen LogP contribution is 2.34. The lowest BCUT2D eigenvalue weighted by Crippen LogP contribution is -2.21. The summed E-state index contributed by atoms with van der Waals surface area (Å²) in [7, 11) is 0. The van der Waals surface area contributed by atoms with Crippen molar-refractivity contribution in [1.82, 2.24) is 0 Å². The van der Waals surface area contributed by atoms with Gasteiger partial charge in [0, 0.05) is 0 Å². The van der Waals surface area contributed by atoms with E-state index in [1.807, 2.05) is 12.1 Å². The van der Waals surface area contributed by atoms with E-state index >= 15 is 0 Å². The summed E-state index contributed by atoms with van der Waals surface area (Å²) in [6.07, 6.45) is 3.56. The second kappa shape index (κ2) is 10.5. The van der Waals surface area contributed by atoms with Crippen molar-refractivity contribution in [2.24, 2.45) is 11.8 Å². The molecule has 0 atom stereocenters. The summed E-state index contributed by atoms with van der Waals surface area (Å²) in [5.74, 6) is -0.381. The van der Waals surface area contributed by atoms with Crippen molar-refractivity contribution in [1.29, 1.82) is 5.26 Å². The Balaban J connectivity index is 1.38. The smallest absolute Gasteiger partial charge is 0.426 e. The number of nitriles is 1. The van der Waals surface area contributed by atoms with Crippen molar-refractivity contribution in [2.45, 2.75) is 51.6 Å². The molecule has 1 fully saturated rings. The predicted molar refractivity (Wildman–Crippen MR) is 127 cm³/mol. The van der Waals surface area contributed by atoms with Gasteiger partial charge in [-0.15, -0.1) is 0 Å². The molecule has 0 aromatic heterocycles. The lowest BCUT2D eigenvalue weighted by atomic mass is 9.80. The van der Waals surface area contributed by atoms with Gasteiger partial charge >= 0.3 is 6.11 Å². The van der Waals surface area contributed by atoms with Gasteiger partial charge in [-0.1, -0.05) is 56.9 Å². The van der Waals surface area contributed by atoms with Crippen molar-refractivity contribution in [2.75, 3.05) is 0 Å². The van der Waals surface area contributed by atoms with Crippen LogP contribution in [-0.4, -0.2) is 0 Å². The van der Waals surface area contributed by atoms with Crippen LogP contribution in [0, 0.1) is 34.8 Å². The fraction of sp³-hybridized carbons (Fsp3) is 0.345. The quantitative estimate of drug-likeness (QED) is 0.318. The molecule has 2 nitrogen and oxygen atoms in total. The number of benzene rings is 3. The second-order valence-electron chi connectivity index (χ2n) is 9.43. The molecule has 6 heteroatoms. The SMILES string of the molecule is CC1CCC(CCc2ccc(OC(F)(F)c3ccc(-c4cc(F)c(C#N)c(F)c4)cc3)cc2)CC1. The molecule has 0 aliphatic heterocycles. The molecule has 0 saturated heterocycles. The summed E-state index contributed by atoms with van der Waals surface area (Å²) in [6, 6.07) is 15.2. The summed E-state index contributed by atoms with van der Waals surface area (Å²) in [6.45, 7) is 2.30. The number of halogens is 4. The van der Waals surface area contributed by atoms with Gasteiger partial charge in [0.05, 0.1) is 5.56 Å². The van der Waals surface area contributed by atoms with E-state index in [-0.39, 0.29) is 16.9 Å². The summed E-state index contributed by atoms with van der Waals surface area (Å²) < 4.78 is 62.3. The zero-order chi connectivity index (χ0) is 25.0. The maximum Gasteiger partial charge on any atom is 0.426 e. The fourth-order valence-corrected chi connectivity index (χ4v) is 4.62. The molecule has 0 N–H and O–H groups in total. The van der Waals surface area contributed by atoms with E-state index < -0.39 is 23.3 Å². The highest BCUT2D eigenvalue weighted by atomic mass is 19.3. The van der Waals surface area contributed by atoms with E-state index in [0.717, 1.165) is 54.5 Å². The lowest BCUT2D eigenvalue weighted by molar-refractivity contribution is -0.185. The Morgan fingerprint density at radius 2 is 1.49 bits per heavy atom. The first-order valence-electron chi connectivity index (χ1n) is 11.9. The number of rotatable bonds is 7. The molecule has 1 aliphatic rings. The predicted octanol–water partition coefficient (Wildman–Crippen LogP) is 8.39. The number of nitrogens with zero attached hydrogens (tertiary/aromatic N) is 1. The highest BCUT2D eigenvalue weighted by Gasteiger charge is 2.34. The molecule has 0 bridgehead atoms. The Labute approximate surface area is 203 Å². The van der Waals surface area contributed by atoms with Gasteiger partial charge in [0.1, 0.15) is 29.0 Å². The van der Waals surface area contributed by atoms with E-state index in [4.69, 9.17) is 10.00 Å². The highest BCUT2D eigenvalue weighted by molar-refractivity contribution is 5.65. The van der Waals surface area contributed by atoms with Gasteiger partial charge in [-0.2, -0.15) is 14.0 Å². The third-order valence-corrected chi connectivity index (χ3v) is 6.85. The molecule has 0 amide bonds. The number of aryl methyl sites for hydroxylation is 1. The van der Waals surface area contributed by atoms with Crippen molar-refractivity contribution in [3.8, 4) is 22.9 Å². The van der Waals surface area contributed by atoms with Crippen LogP contribution >= 0.6 is 0 Å². The summed E-state index contributed by atoms with van der Waals surface area (Å²) in [5, 5.41) is 8.78. The lowest BCUT2D eigenvalue weighted by Gasteiger charge is -2.26. The van der Waals surface area contributed by atoms with E-state index in [1.54, 1.807) is 12.1 Å². The molecule has 4 rings (SSSR count). The fourth-order valence-electron chi connectivity index (χ4n) is 4.62. The summed E-state index contributed by atoms with van der Waals surface area (Å²) in [4.78, 5) is 0. The van der Waals surface area contributed by atoms with Gasteiger partial charge < -0.3 is 4.74 Å². The Morgan fingerprint density at radius 1 is 0.886 bits per heavy atom. The van der Waals surface area contributed by atoms with Crippen LogP contribution in [0.25, 0.3) is 11.1 Å². The van der Waals surface area contributed by atoms with E-state index in [9.17, 15) is 17.6 Å². The van der Waals surface area contributed by atoms with Crippen molar-refractivity contribution in [3.05, 3.63) is 89.0 Å². The number of ether oxygens (including phenoxy) is 1. The van der Waals surface area contributed by atoms with Crippen LogP contribution in [-0.2, 0) is 12.5 Å². The molecule has 1 saturated carbocycles. The normalized spacial score (nSPS) is 18.2. The molecule has 0 heterocycles. The van der Waals surface area contributed by atoms with Crippen molar-refractivity contribution >= 4 is 0 Å². The van der Waals surface area contributed by atoms with Crippen LogP contribution in [0.2, 0.25) is 0 Å². The van der Waals surface area contributed by atoms with Crippen molar-refractivity contribution < 1.29 is 22.3 Å². The molecule has 1 aliphatic carbocycles. The van der Waals surface area contributed by atoms with Crippen LogP contribution in [0.3, 0.4) is 0 Å². The summed E-state index contributed by atoms with van der Waals surface area (Å²) >= 11 is 0. The van der Waals surface area contributed by atoms with Crippen molar-refractivity contribution in [3.63, 3.8) is 0 Å². The minimum Gasteiger partial charge on any atom is -0.429 e. The van der Waals surface area contributed by atoms with Crippen LogP contribution in [0.15, 0.2) is 60.7 Å². The molecule has 182 valence electrons. The second-order valence-corrected chi connectivity index (χ2v) is 9.43.